The molecule has 0 heterocycles. The molecule has 0 bridgehead atoms. The quantitative estimate of drug-likeness (QED) is 0.256. The Morgan fingerprint density at radius 3 is 2.44 bits per heavy atom. The first kappa shape index (κ1) is 24.8. The van der Waals surface area contributed by atoms with Crippen LogP contribution < -0.4 is 20.2 Å². The highest BCUT2D eigenvalue weighted by molar-refractivity contribution is 6.31. The van der Waals surface area contributed by atoms with E-state index < -0.39 is 11.8 Å². The minimum atomic E-state index is -0.544. The van der Waals surface area contributed by atoms with E-state index in [1.54, 1.807) is 43.5 Å². The Bertz CT molecular complexity index is 1190. The lowest BCUT2D eigenvalue weighted by Crippen LogP contribution is -2.24. The number of hydrogen-bond donors (Lipinski definition) is 2. The lowest BCUT2D eigenvalue weighted by molar-refractivity contribution is -0.126. The van der Waals surface area contributed by atoms with Gasteiger partial charge in [-0.2, -0.15) is 5.10 Å². The highest BCUT2D eigenvalue weighted by Crippen LogP contribution is 2.28. The van der Waals surface area contributed by atoms with E-state index in [-0.39, 0.29) is 6.42 Å². The van der Waals surface area contributed by atoms with Crippen molar-refractivity contribution in [1.82, 2.24) is 5.43 Å². The van der Waals surface area contributed by atoms with E-state index in [4.69, 9.17) is 21.1 Å². The number of carbonyl (C=O) groups is 2. The highest BCUT2D eigenvalue weighted by Gasteiger charge is 2.10. The van der Waals surface area contributed by atoms with Gasteiger partial charge >= 0.3 is 0 Å². The maximum absolute atomic E-state index is 12.1. The SMILES string of the molecule is COc1cc(C=NNC(=O)CC(=O)Nc2ccc(C)c(Cl)c2)ccc1OCc1ccc(C)cc1. The summed E-state index contributed by atoms with van der Waals surface area (Å²) in [6.07, 6.45) is 1.08. The summed E-state index contributed by atoms with van der Waals surface area (Å²) in [4.78, 5) is 24.1. The fourth-order valence-corrected chi connectivity index (χ4v) is 3.15. The number of hydrazone groups is 1. The second-order valence-corrected chi connectivity index (χ2v) is 8.07. The first-order valence-corrected chi connectivity index (χ1v) is 11.0. The molecule has 34 heavy (non-hydrogen) atoms. The van der Waals surface area contributed by atoms with Crippen LogP contribution in [0, 0.1) is 13.8 Å². The van der Waals surface area contributed by atoms with Gasteiger partial charge in [-0.05, 0) is 60.9 Å². The Balaban J connectivity index is 1.51. The van der Waals surface area contributed by atoms with E-state index in [9.17, 15) is 9.59 Å². The molecule has 176 valence electrons. The third-order valence-electron chi connectivity index (χ3n) is 4.88. The maximum atomic E-state index is 12.1. The van der Waals surface area contributed by atoms with Crippen molar-refractivity contribution in [2.45, 2.75) is 26.9 Å². The van der Waals surface area contributed by atoms with E-state index in [1.807, 2.05) is 38.1 Å². The molecule has 2 amide bonds. The summed E-state index contributed by atoms with van der Waals surface area (Å²) in [5.41, 5.74) is 6.70. The number of amides is 2. The molecule has 0 aliphatic heterocycles. The Morgan fingerprint density at radius 2 is 1.74 bits per heavy atom. The third kappa shape index (κ3) is 7.35. The van der Waals surface area contributed by atoms with Gasteiger partial charge in [-0.15, -0.1) is 0 Å². The van der Waals surface area contributed by atoms with E-state index in [0.29, 0.717) is 34.4 Å². The number of aryl methyl sites for hydroxylation is 2. The van der Waals surface area contributed by atoms with Crippen molar-refractivity contribution in [3.63, 3.8) is 0 Å². The average molecular weight is 480 g/mol. The predicted octanol–water partition coefficient (Wildman–Crippen LogP) is 5.02. The second-order valence-electron chi connectivity index (χ2n) is 7.67. The highest BCUT2D eigenvalue weighted by atomic mass is 35.5. The summed E-state index contributed by atoms with van der Waals surface area (Å²) >= 11 is 6.05. The normalized spacial score (nSPS) is 10.7. The molecule has 2 N–H and O–H groups in total. The summed E-state index contributed by atoms with van der Waals surface area (Å²) in [6, 6.07) is 18.5. The van der Waals surface area contributed by atoms with E-state index in [1.165, 1.54) is 11.8 Å². The number of nitrogens with one attached hydrogen (secondary N) is 2. The summed E-state index contributed by atoms with van der Waals surface area (Å²) in [7, 11) is 1.55. The van der Waals surface area contributed by atoms with Crippen LogP contribution in [0.1, 0.15) is 28.7 Å². The summed E-state index contributed by atoms with van der Waals surface area (Å²) in [6.45, 7) is 4.31. The molecular formula is C26H26ClN3O4. The van der Waals surface area contributed by atoms with Crippen LogP contribution in [0.5, 0.6) is 11.5 Å². The average Bonchev–Trinajstić information content (AvgIpc) is 2.81. The molecule has 0 unspecified atom stereocenters. The summed E-state index contributed by atoms with van der Waals surface area (Å²) in [5, 5.41) is 7.08. The summed E-state index contributed by atoms with van der Waals surface area (Å²) in [5.74, 6) is 0.122. The fourth-order valence-electron chi connectivity index (χ4n) is 2.97. The number of ether oxygens (including phenoxy) is 2. The molecule has 0 saturated carbocycles. The molecule has 0 aliphatic rings. The number of rotatable bonds is 9. The van der Waals surface area contributed by atoms with Gasteiger partial charge in [-0.3, -0.25) is 9.59 Å². The molecule has 3 aromatic rings. The Labute approximate surface area is 203 Å². The van der Waals surface area contributed by atoms with Gasteiger partial charge in [0, 0.05) is 10.7 Å². The van der Waals surface area contributed by atoms with Crippen molar-refractivity contribution < 1.29 is 19.1 Å². The number of hydrogen-bond acceptors (Lipinski definition) is 5. The van der Waals surface area contributed by atoms with Crippen LogP contribution >= 0.6 is 11.6 Å². The molecule has 0 spiro atoms. The van der Waals surface area contributed by atoms with Crippen molar-refractivity contribution in [2.75, 3.05) is 12.4 Å². The smallest absolute Gasteiger partial charge is 0.249 e. The molecule has 0 aliphatic carbocycles. The van der Waals surface area contributed by atoms with Gasteiger partial charge in [-0.1, -0.05) is 47.5 Å². The van der Waals surface area contributed by atoms with Gasteiger partial charge in [0.05, 0.1) is 13.3 Å². The number of carbonyl (C=O) groups excluding carboxylic acids is 2. The fraction of sp³-hybridized carbons (Fsp3) is 0.192. The van der Waals surface area contributed by atoms with Crippen LogP contribution in [0.3, 0.4) is 0 Å². The van der Waals surface area contributed by atoms with E-state index in [0.717, 1.165) is 11.1 Å². The van der Waals surface area contributed by atoms with Crippen LogP contribution in [0.4, 0.5) is 5.69 Å². The van der Waals surface area contributed by atoms with E-state index >= 15 is 0 Å². The van der Waals surface area contributed by atoms with Gasteiger partial charge in [0.2, 0.25) is 11.8 Å². The minimum absolute atomic E-state index is 0.377. The number of benzene rings is 3. The van der Waals surface area contributed by atoms with Crippen molar-refractivity contribution in [2.24, 2.45) is 5.10 Å². The van der Waals surface area contributed by atoms with Crippen molar-refractivity contribution in [1.29, 1.82) is 0 Å². The van der Waals surface area contributed by atoms with E-state index in [2.05, 4.69) is 15.8 Å². The molecule has 7 nitrogen and oxygen atoms in total. The number of anilines is 1. The van der Waals surface area contributed by atoms with Crippen molar-refractivity contribution >= 4 is 35.3 Å². The van der Waals surface area contributed by atoms with Gasteiger partial charge in [0.25, 0.3) is 0 Å². The standard InChI is InChI=1S/C26H26ClN3O4/c1-17-4-7-19(8-5-17)16-34-23-11-9-20(12-24(23)33-3)15-28-30-26(32)14-25(31)29-21-10-6-18(2)22(27)13-21/h4-13,15H,14,16H2,1-3H3,(H,29,31)(H,30,32). The molecule has 8 heteroatoms. The molecule has 0 radical (unpaired) electrons. The zero-order valence-electron chi connectivity index (χ0n) is 19.2. The zero-order valence-corrected chi connectivity index (χ0v) is 20.0. The van der Waals surface area contributed by atoms with Gasteiger partial charge < -0.3 is 14.8 Å². The molecule has 0 saturated heterocycles. The molecule has 0 fully saturated rings. The van der Waals surface area contributed by atoms with Gasteiger partial charge in [0.15, 0.2) is 11.5 Å². The zero-order chi connectivity index (χ0) is 24.5. The Kier molecular flexibility index (Phi) is 8.65. The minimum Gasteiger partial charge on any atom is -0.493 e. The second kappa shape index (κ2) is 11.9. The summed E-state index contributed by atoms with van der Waals surface area (Å²) < 4.78 is 11.3. The molecule has 0 aromatic heterocycles. The van der Waals surface area contributed by atoms with Crippen LogP contribution in [0.2, 0.25) is 5.02 Å². The van der Waals surface area contributed by atoms with Crippen LogP contribution in [0.15, 0.2) is 65.8 Å². The number of methoxy groups -OCH3 is 1. The van der Waals surface area contributed by atoms with Crippen molar-refractivity contribution in [3.05, 3.63) is 87.9 Å². The lowest BCUT2D eigenvalue weighted by atomic mass is 10.2. The number of halogens is 1. The molecule has 3 aromatic carbocycles. The van der Waals surface area contributed by atoms with Crippen LogP contribution in [0.25, 0.3) is 0 Å². The lowest BCUT2D eigenvalue weighted by Gasteiger charge is -2.11. The third-order valence-corrected chi connectivity index (χ3v) is 5.29. The van der Waals surface area contributed by atoms with Crippen LogP contribution in [-0.2, 0) is 16.2 Å². The molecular weight excluding hydrogens is 454 g/mol. The largest absolute Gasteiger partial charge is 0.493 e. The predicted molar refractivity (Wildman–Crippen MR) is 134 cm³/mol. The molecule has 0 atom stereocenters. The van der Waals surface area contributed by atoms with Crippen molar-refractivity contribution in [3.8, 4) is 11.5 Å². The topological polar surface area (TPSA) is 89.0 Å². The Hall–Kier alpha value is -3.84. The number of nitrogens with zero attached hydrogens (tertiary/aromatic N) is 1. The maximum Gasteiger partial charge on any atom is 0.249 e. The molecule has 3 rings (SSSR count). The first-order valence-electron chi connectivity index (χ1n) is 10.6. The van der Waals surface area contributed by atoms with Gasteiger partial charge in [-0.25, -0.2) is 5.43 Å². The Morgan fingerprint density at radius 1 is 0.971 bits per heavy atom. The van der Waals surface area contributed by atoms with Gasteiger partial charge in [0.1, 0.15) is 13.0 Å². The first-order chi connectivity index (χ1) is 16.3. The van der Waals surface area contributed by atoms with Crippen LogP contribution in [-0.4, -0.2) is 25.1 Å². The monoisotopic (exact) mass is 479 g/mol.